The van der Waals surface area contributed by atoms with E-state index in [9.17, 15) is 34.8 Å². The summed E-state index contributed by atoms with van der Waals surface area (Å²) in [4.78, 5) is 11.0. The Hall–Kier alpha value is -2.65. The number of nitrogens with zero attached hydrogens (tertiary/aromatic N) is 2. The molecule has 0 aliphatic rings. The summed E-state index contributed by atoms with van der Waals surface area (Å²) in [6, 6.07) is 5.04. The van der Waals surface area contributed by atoms with Gasteiger partial charge in [-0.05, 0) is 24.3 Å². The van der Waals surface area contributed by atoms with Crippen molar-refractivity contribution in [3.05, 3.63) is 36.0 Å². The summed E-state index contributed by atoms with van der Waals surface area (Å²) < 4.78 is 92.2. The van der Waals surface area contributed by atoms with Gasteiger partial charge in [0.05, 0.1) is 29.8 Å². The highest BCUT2D eigenvalue weighted by molar-refractivity contribution is 7.89. The number of primary sulfonamides is 1. The fourth-order valence-electron chi connectivity index (χ4n) is 1.90. The van der Waals surface area contributed by atoms with Crippen LogP contribution >= 0.6 is 0 Å². The molecule has 1 aromatic heterocycles. The predicted octanol–water partition coefficient (Wildman–Crippen LogP) is 0.464. The molecule has 0 saturated heterocycles. The van der Waals surface area contributed by atoms with Crippen molar-refractivity contribution in [1.82, 2.24) is 9.78 Å². The number of aromatic nitrogens is 2. The summed E-state index contributed by atoms with van der Waals surface area (Å²) in [5.41, 5.74) is -5.92. The summed E-state index contributed by atoms with van der Waals surface area (Å²) in [5.74, 6) is -1.67. The number of benzene rings is 1. The molecule has 28 heavy (non-hydrogen) atoms. The maximum Gasteiger partial charge on any atom is 0.534 e. The smallest absolute Gasteiger partial charge is 0.469 e. The standard InChI is InChI=1S/C13H12F3N3O7S2/c1-25-12(20)7-8-6-11(26-28(23,24)13(14,15)16)19(18-8)9-2-4-10(5-3-9)27(17,21)22/h2-6H,7H2,1H3,(H2,17,21,22). The lowest BCUT2D eigenvalue weighted by atomic mass is 10.3. The highest BCUT2D eigenvalue weighted by Gasteiger charge is 2.49. The molecule has 0 spiro atoms. The summed E-state index contributed by atoms with van der Waals surface area (Å²) in [6.45, 7) is 0. The molecular formula is C13H12F3N3O7S2. The van der Waals surface area contributed by atoms with Crippen LogP contribution in [0.4, 0.5) is 13.2 Å². The SMILES string of the molecule is COC(=O)Cc1cc(OS(=O)(=O)C(F)(F)F)n(-c2ccc(S(N)(=O)=O)cc2)n1. The van der Waals surface area contributed by atoms with E-state index in [0.717, 1.165) is 37.4 Å². The molecule has 1 heterocycles. The van der Waals surface area contributed by atoms with Crippen molar-refractivity contribution in [1.29, 1.82) is 0 Å². The van der Waals surface area contributed by atoms with E-state index >= 15 is 0 Å². The Kier molecular flexibility index (Phi) is 5.72. The Balaban J connectivity index is 2.53. The average Bonchev–Trinajstić information content (AvgIpc) is 2.94. The Morgan fingerprint density at radius 2 is 1.75 bits per heavy atom. The second kappa shape index (κ2) is 7.40. The third kappa shape index (κ3) is 4.79. The minimum absolute atomic E-state index is 0.0594. The molecule has 0 atom stereocenters. The number of alkyl halides is 3. The second-order valence-electron chi connectivity index (χ2n) is 5.16. The number of esters is 1. The van der Waals surface area contributed by atoms with Crippen LogP contribution in [0.25, 0.3) is 5.69 Å². The second-order valence-corrected chi connectivity index (χ2v) is 8.26. The monoisotopic (exact) mass is 443 g/mol. The lowest BCUT2D eigenvalue weighted by molar-refractivity contribution is -0.139. The predicted molar refractivity (Wildman–Crippen MR) is 86.3 cm³/mol. The fraction of sp³-hybridized carbons (Fsp3) is 0.231. The molecule has 0 amide bonds. The van der Waals surface area contributed by atoms with Crippen molar-refractivity contribution in [2.45, 2.75) is 16.8 Å². The van der Waals surface area contributed by atoms with Gasteiger partial charge in [0.2, 0.25) is 15.9 Å². The van der Waals surface area contributed by atoms with Gasteiger partial charge in [0.25, 0.3) is 0 Å². The Morgan fingerprint density at radius 1 is 1.18 bits per heavy atom. The van der Waals surface area contributed by atoms with Crippen LogP contribution in [-0.4, -0.2) is 45.2 Å². The number of halogens is 3. The van der Waals surface area contributed by atoms with E-state index in [1.165, 1.54) is 0 Å². The molecule has 0 aliphatic heterocycles. The molecule has 0 fully saturated rings. The molecule has 1 aromatic carbocycles. The zero-order chi connectivity index (χ0) is 21.3. The third-order valence-electron chi connectivity index (χ3n) is 3.17. The van der Waals surface area contributed by atoms with Crippen LogP contribution in [0.1, 0.15) is 5.69 Å². The van der Waals surface area contributed by atoms with Gasteiger partial charge in [0.1, 0.15) is 0 Å². The maximum absolute atomic E-state index is 12.6. The largest absolute Gasteiger partial charge is 0.534 e. The number of hydrogen-bond donors (Lipinski definition) is 1. The maximum atomic E-state index is 12.6. The van der Waals surface area contributed by atoms with Gasteiger partial charge in [-0.1, -0.05) is 0 Å². The van der Waals surface area contributed by atoms with Crippen molar-refractivity contribution >= 4 is 26.1 Å². The molecule has 2 N–H and O–H groups in total. The Labute approximate surface area is 156 Å². The average molecular weight is 443 g/mol. The van der Waals surface area contributed by atoms with Crippen molar-refractivity contribution in [2.24, 2.45) is 5.14 Å². The number of rotatable bonds is 6. The van der Waals surface area contributed by atoms with Gasteiger partial charge in [0, 0.05) is 6.07 Å². The zero-order valence-electron chi connectivity index (χ0n) is 13.9. The van der Waals surface area contributed by atoms with E-state index in [-0.39, 0.29) is 16.3 Å². The molecule has 15 heteroatoms. The number of hydrogen-bond acceptors (Lipinski definition) is 8. The van der Waals surface area contributed by atoms with Crippen molar-refractivity contribution in [2.75, 3.05) is 7.11 Å². The van der Waals surface area contributed by atoms with Crippen LogP contribution in [0.2, 0.25) is 0 Å². The first-order chi connectivity index (χ1) is 12.7. The van der Waals surface area contributed by atoms with Gasteiger partial charge in [-0.15, -0.1) is 0 Å². The Morgan fingerprint density at radius 3 is 2.21 bits per heavy atom. The van der Waals surface area contributed by atoms with E-state index in [1.807, 2.05) is 0 Å². The summed E-state index contributed by atoms with van der Waals surface area (Å²) in [5, 5.41) is 8.76. The van der Waals surface area contributed by atoms with Gasteiger partial charge < -0.3 is 8.92 Å². The number of nitrogens with two attached hydrogens (primary N) is 1. The normalized spacial score (nSPS) is 12.6. The lowest BCUT2D eigenvalue weighted by Crippen LogP contribution is -2.28. The van der Waals surface area contributed by atoms with Gasteiger partial charge >= 0.3 is 21.6 Å². The number of methoxy groups -OCH3 is 1. The van der Waals surface area contributed by atoms with Crippen LogP contribution in [0.5, 0.6) is 5.88 Å². The van der Waals surface area contributed by atoms with Crippen LogP contribution < -0.4 is 9.32 Å². The van der Waals surface area contributed by atoms with Gasteiger partial charge in [-0.3, -0.25) is 4.79 Å². The molecular weight excluding hydrogens is 431 g/mol. The molecule has 0 bridgehead atoms. The summed E-state index contributed by atoms with van der Waals surface area (Å²) in [7, 11) is -9.00. The molecule has 154 valence electrons. The molecule has 2 rings (SSSR count). The van der Waals surface area contributed by atoms with E-state index in [2.05, 4.69) is 14.0 Å². The first-order valence-corrected chi connectivity index (χ1v) is 10.00. The topological polar surface area (TPSA) is 148 Å². The zero-order valence-corrected chi connectivity index (χ0v) is 15.5. The minimum atomic E-state index is -6.03. The van der Waals surface area contributed by atoms with E-state index in [1.54, 1.807) is 0 Å². The quantitative estimate of drug-likeness (QED) is 0.385. The number of ether oxygens (including phenoxy) is 1. The van der Waals surface area contributed by atoms with Crippen LogP contribution in [0.3, 0.4) is 0 Å². The first-order valence-electron chi connectivity index (χ1n) is 7.04. The molecule has 0 unspecified atom stereocenters. The van der Waals surface area contributed by atoms with E-state index in [0.29, 0.717) is 4.68 Å². The summed E-state index contributed by atoms with van der Waals surface area (Å²) in [6.07, 6.45) is -0.485. The fourth-order valence-corrected chi connectivity index (χ4v) is 2.85. The lowest BCUT2D eigenvalue weighted by Gasteiger charge is -2.11. The number of carbonyl (C=O) groups is 1. The highest BCUT2D eigenvalue weighted by Crippen LogP contribution is 2.29. The number of carbonyl (C=O) groups excluding carboxylic acids is 1. The van der Waals surface area contributed by atoms with Crippen LogP contribution in [0.15, 0.2) is 35.2 Å². The molecule has 2 aromatic rings. The van der Waals surface area contributed by atoms with Crippen LogP contribution in [-0.2, 0) is 36.1 Å². The third-order valence-corrected chi connectivity index (χ3v) is 5.06. The van der Waals surface area contributed by atoms with Crippen molar-refractivity contribution in [3.8, 4) is 11.6 Å². The minimum Gasteiger partial charge on any atom is -0.469 e. The highest BCUT2D eigenvalue weighted by atomic mass is 32.2. The molecule has 0 aliphatic carbocycles. The summed E-state index contributed by atoms with van der Waals surface area (Å²) >= 11 is 0. The van der Waals surface area contributed by atoms with Crippen LogP contribution in [0, 0.1) is 0 Å². The molecule has 0 radical (unpaired) electrons. The first kappa shape index (κ1) is 21.6. The van der Waals surface area contributed by atoms with Gasteiger partial charge in [0.15, 0.2) is 0 Å². The number of sulfonamides is 1. The molecule has 10 nitrogen and oxygen atoms in total. The van der Waals surface area contributed by atoms with Crippen molar-refractivity contribution < 1.29 is 43.7 Å². The molecule has 0 saturated carbocycles. The van der Waals surface area contributed by atoms with Crippen molar-refractivity contribution in [3.63, 3.8) is 0 Å². The van der Waals surface area contributed by atoms with E-state index in [4.69, 9.17) is 5.14 Å². The van der Waals surface area contributed by atoms with E-state index < -0.39 is 43.9 Å². The Bertz CT molecular complexity index is 1090. The van der Waals surface area contributed by atoms with Gasteiger partial charge in [-0.2, -0.15) is 31.4 Å². The van der Waals surface area contributed by atoms with Gasteiger partial charge in [-0.25, -0.2) is 13.6 Å².